The molecular weight excluding hydrogens is 384 g/mol. The number of hydrogen-bond acceptors (Lipinski definition) is 4. The van der Waals surface area contributed by atoms with Crippen molar-refractivity contribution in [2.45, 2.75) is 24.8 Å². The number of allylic oxidation sites excluding steroid dienone is 3. The van der Waals surface area contributed by atoms with Gasteiger partial charge in [0.25, 0.3) is 0 Å². The summed E-state index contributed by atoms with van der Waals surface area (Å²) in [4.78, 5) is 17.5. The average molecular weight is 403 g/mol. The van der Waals surface area contributed by atoms with E-state index in [1.54, 1.807) is 4.68 Å². The molecule has 5 rings (SSSR count). The quantitative estimate of drug-likeness (QED) is 0.668. The van der Waals surface area contributed by atoms with Crippen molar-refractivity contribution >= 4 is 29.4 Å². The molecule has 1 N–H and O–H groups in total. The van der Waals surface area contributed by atoms with Gasteiger partial charge in [-0.25, -0.2) is 4.68 Å². The first kappa shape index (κ1) is 17.9. The lowest BCUT2D eigenvalue weighted by atomic mass is 9.79. The van der Waals surface area contributed by atoms with Crippen molar-refractivity contribution in [2.75, 3.05) is 5.32 Å². The minimum Gasteiger partial charge on any atom is -0.328 e. The molecule has 2 aromatic carbocycles. The van der Waals surface area contributed by atoms with Crippen molar-refractivity contribution in [1.82, 2.24) is 14.8 Å². The molecule has 6 heteroatoms. The summed E-state index contributed by atoms with van der Waals surface area (Å²) in [6.45, 7) is 0. The van der Waals surface area contributed by atoms with Crippen molar-refractivity contribution in [1.29, 1.82) is 0 Å². The fraction of sp³-hybridized carbons (Fsp3) is 0.174. The second-order valence-electron chi connectivity index (χ2n) is 7.34. The standard InChI is InChI=1S/C23H19ClN4O/c24-18-9-7-16(8-10-18)17-12-19-22(21(29)13-17)20(28-23(27-19)25-14-26-28)11-6-15-4-2-1-3-5-15/h1-11,14,17,20H,12-13H2,(H,25,26,27)/b11-6+. The summed E-state index contributed by atoms with van der Waals surface area (Å²) < 4.78 is 1.78. The third-order valence-electron chi connectivity index (χ3n) is 5.51. The van der Waals surface area contributed by atoms with Gasteiger partial charge in [-0.15, -0.1) is 0 Å². The monoisotopic (exact) mass is 402 g/mol. The predicted octanol–water partition coefficient (Wildman–Crippen LogP) is 5.01. The molecule has 144 valence electrons. The van der Waals surface area contributed by atoms with Crippen LogP contribution in [-0.2, 0) is 4.79 Å². The van der Waals surface area contributed by atoms with Crippen LogP contribution in [0.15, 0.2) is 78.3 Å². The van der Waals surface area contributed by atoms with Crippen LogP contribution in [-0.4, -0.2) is 20.5 Å². The maximum Gasteiger partial charge on any atom is 0.226 e. The SMILES string of the molecule is O=C1CC(c2ccc(Cl)cc2)CC2=C1C(/C=C/c1ccccc1)n1ncnc1N2. The van der Waals surface area contributed by atoms with Crippen LogP contribution in [0.4, 0.5) is 5.95 Å². The molecule has 0 radical (unpaired) electrons. The molecular formula is C23H19ClN4O. The van der Waals surface area contributed by atoms with E-state index in [2.05, 4.69) is 15.4 Å². The van der Waals surface area contributed by atoms with E-state index in [4.69, 9.17) is 11.6 Å². The van der Waals surface area contributed by atoms with Gasteiger partial charge in [-0.2, -0.15) is 10.1 Å². The van der Waals surface area contributed by atoms with Crippen molar-refractivity contribution in [3.8, 4) is 0 Å². The summed E-state index contributed by atoms with van der Waals surface area (Å²) in [6.07, 6.45) is 6.81. The number of nitrogens with zero attached hydrogens (tertiary/aromatic N) is 3. The molecule has 0 saturated heterocycles. The number of fused-ring (bicyclic) bond motifs is 1. The first-order chi connectivity index (χ1) is 14.2. The summed E-state index contributed by atoms with van der Waals surface area (Å²) in [5.74, 6) is 0.929. The summed E-state index contributed by atoms with van der Waals surface area (Å²) in [6, 6.07) is 17.5. The summed E-state index contributed by atoms with van der Waals surface area (Å²) in [5.41, 5.74) is 3.92. The van der Waals surface area contributed by atoms with E-state index in [0.29, 0.717) is 17.4 Å². The fourth-order valence-electron chi connectivity index (χ4n) is 4.11. The third-order valence-corrected chi connectivity index (χ3v) is 5.77. The van der Waals surface area contributed by atoms with Crippen molar-refractivity contribution in [2.24, 2.45) is 0 Å². The molecule has 2 atom stereocenters. The largest absolute Gasteiger partial charge is 0.328 e. The first-order valence-electron chi connectivity index (χ1n) is 9.60. The summed E-state index contributed by atoms with van der Waals surface area (Å²) in [7, 11) is 0. The van der Waals surface area contributed by atoms with Crippen LogP contribution < -0.4 is 5.32 Å². The Labute approximate surface area is 173 Å². The molecule has 1 aliphatic heterocycles. The zero-order chi connectivity index (χ0) is 19.8. The highest BCUT2D eigenvalue weighted by atomic mass is 35.5. The zero-order valence-corrected chi connectivity index (χ0v) is 16.4. The summed E-state index contributed by atoms with van der Waals surface area (Å²) in [5, 5.41) is 8.39. The lowest BCUT2D eigenvalue weighted by Crippen LogP contribution is -2.32. The Kier molecular flexibility index (Phi) is 4.52. The van der Waals surface area contributed by atoms with Gasteiger partial charge < -0.3 is 5.32 Å². The maximum atomic E-state index is 13.2. The second-order valence-corrected chi connectivity index (χ2v) is 7.78. The van der Waals surface area contributed by atoms with E-state index in [-0.39, 0.29) is 17.7 Å². The molecule has 2 heterocycles. The van der Waals surface area contributed by atoms with E-state index in [9.17, 15) is 4.79 Å². The van der Waals surface area contributed by atoms with Gasteiger partial charge in [0.15, 0.2) is 5.78 Å². The normalized spacial score (nSPS) is 21.1. The lowest BCUT2D eigenvalue weighted by molar-refractivity contribution is -0.116. The Morgan fingerprint density at radius 3 is 2.66 bits per heavy atom. The van der Waals surface area contributed by atoms with E-state index in [1.165, 1.54) is 6.33 Å². The van der Waals surface area contributed by atoms with Crippen LogP contribution in [0.3, 0.4) is 0 Å². The number of ketones is 1. The fourth-order valence-corrected chi connectivity index (χ4v) is 4.23. The number of carbonyl (C=O) groups is 1. The predicted molar refractivity (Wildman–Crippen MR) is 114 cm³/mol. The molecule has 2 unspecified atom stereocenters. The average Bonchev–Trinajstić information content (AvgIpc) is 3.21. The minimum absolute atomic E-state index is 0.124. The van der Waals surface area contributed by atoms with E-state index < -0.39 is 0 Å². The van der Waals surface area contributed by atoms with Crippen LogP contribution in [0, 0.1) is 0 Å². The van der Waals surface area contributed by atoms with E-state index >= 15 is 0 Å². The van der Waals surface area contributed by atoms with Crippen LogP contribution in [0.5, 0.6) is 0 Å². The Morgan fingerprint density at radius 2 is 1.86 bits per heavy atom. The van der Waals surface area contributed by atoms with Gasteiger partial charge in [0.05, 0.1) is 0 Å². The maximum absolute atomic E-state index is 13.2. The lowest BCUT2D eigenvalue weighted by Gasteiger charge is -2.34. The van der Waals surface area contributed by atoms with Crippen molar-refractivity contribution in [3.05, 3.63) is 94.4 Å². The number of carbonyl (C=O) groups excluding carboxylic acids is 1. The number of anilines is 1. The molecule has 0 saturated carbocycles. The van der Waals surface area contributed by atoms with Crippen molar-refractivity contribution in [3.63, 3.8) is 0 Å². The first-order valence-corrected chi connectivity index (χ1v) is 9.98. The smallest absolute Gasteiger partial charge is 0.226 e. The number of hydrogen-bond donors (Lipinski definition) is 1. The van der Waals surface area contributed by atoms with E-state index in [0.717, 1.165) is 28.8 Å². The number of halogens is 1. The topological polar surface area (TPSA) is 59.8 Å². The Hall–Kier alpha value is -3.18. The highest BCUT2D eigenvalue weighted by Gasteiger charge is 2.37. The molecule has 0 bridgehead atoms. The molecule has 5 nitrogen and oxygen atoms in total. The molecule has 0 fully saturated rings. The van der Waals surface area contributed by atoms with Gasteiger partial charge in [0.2, 0.25) is 5.95 Å². The number of nitrogens with one attached hydrogen (secondary N) is 1. The highest BCUT2D eigenvalue weighted by molar-refractivity contribution is 6.30. The highest BCUT2D eigenvalue weighted by Crippen LogP contribution is 2.42. The molecule has 2 aliphatic rings. The molecule has 3 aromatic rings. The van der Waals surface area contributed by atoms with Gasteiger partial charge in [-0.3, -0.25) is 4.79 Å². The van der Waals surface area contributed by atoms with Gasteiger partial charge in [-0.1, -0.05) is 66.2 Å². The number of aromatic nitrogens is 3. The zero-order valence-electron chi connectivity index (χ0n) is 15.6. The van der Waals surface area contributed by atoms with E-state index in [1.807, 2.05) is 66.7 Å². The second kappa shape index (κ2) is 7.33. The van der Waals surface area contributed by atoms with Gasteiger partial charge in [0, 0.05) is 22.7 Å². The van der Waals surface area contributed by atoms with Gasteiger partial charge in [0.1, 0.15) is 12.4 Å². The minimum atomic E-state index is -0.261. The summed E-state index contributed by atoms with van der Waals surface area (Å²) >= 11 is 6.02. The van der Waals surface area contributed by atoms with Gasteiger partial charge in [-0.05, 0) is 35.6 Å². The molecule has 1 aromatic heterocycles. The van der Waals surface area contributed by atoms with Crippen LogP contribution in [0.25, 0.3) is 6.08 Å². The number of benzene rings is 2. The molecule has 0 spiro atoms. The molecule has 29 heavy (non-hydrogen) atoms. The number of rotatable bonds is 3. The number of Topliss-reactive ketones (excluding diaryl/α,β-unsaturated/α-hetero) is 1. The Balaban J connectivity index is 1.51. The van der Waals surface area contributed by atoms with Crippen LogP contribution >= 0.6 is 11.6 Å². The molecule has 0 amide bonds. The van der Waals surface area contributed by atoms with Crippen molar-refractivity contribution < 1.29 is 4.79 Å². The van der Waals surface area contributed by atoms with Gasteiger partial charge >= 0.3 is 0 Å². The molecule has 1 aliphatic carbocycles. The van der Waals surface area contributed by atoms with Crippen LogP contribution in [0.1, 0.15) is 35.9 Å². The Bertz CT molecular complexity index is 1120. The van der Waals surface area contributed by atoms with Crippen LogP contribution in [0.2, 0.25) is 5.02 Å². The third kappa shape index (κ3) is 3.38. The Morgan fingerprint density at radius 1 is 1.07 bits per heavy atom.